The number of aliphatic hydroxyl groups excluding tert-OH is 1. The van der Waals surface area contributed by atoms with E-state index in [1.54, 1.807) is 19.2 Å². The number of rotatable bonds is 37. The van der Waals surface area contributed by atoms with Crippen molar-refractivity contribution in [2.45, 2.75) is 173 Å². The number of aromatic nitrogens is 1. The average molecular weight is 1250 g/mol. The Morgan fingerprint density at radius 2 is 1.31 bits per heavy atom. The number of carbonyl (C=O) groups is 8. The number of likely N-dealkylation sites (N-methyl/N-ethyl adjacent to an activating group) is 1. The van der Waals surface area contributed by atoms with Gasteiger partial charge in [0.25, 0.3) is 0 Å². The Balaban J connectivity index is 0. The van der Waals surface area contributed by atoms with Gasteiger partial charge in [0.05, 0.1) is 65.2 Å². The molecule has 0 spiro atoms. The molecule has 0 saturated heterocycles. The maximum absolute atomic E-state index is 15.2. The minimum Gasteiger partial charge on any atom is -0.387 e. The van der Waals surface area contributed by atoms with Crippen molar-refractivity contribution in [1.29, 1.82) is 0 Å². The Morgan fingerprint density at radius 3 is 1.86 bits per heavy atom. The standard InChI is InChI=1S/C56H83F2N9O12.C3H8.3C2H6/c1-8-22-65(55(76)45(32-47(59)69)64-49(71)20-24-77-26-28-79-29-27-78-25-21-61-48(70)18-15-38(3)9-2)36-51(73)62-33-50(72)63-44(54(75)60-7)19-23-67(52(74)37-68)53(56(4,5)6)46-30-40(42-31-41(57)16-17-43(42)58)35-66(46)34-39-13-11-10-12-14-39;1-3-2;3*1-2/h10-14,16-17,30-31,35,38,44-45,53,68H,8-9,15,18-29,32-34,36-37H2,1-7H3,(H2,59,69)(H,60,75)(H,61,70)(H,62,73)(H,63,72)(H,64,71);3H2,1-2H3;3*1-2H3/t38?,44?,45-,53?;;;;/m0..../s1. The van der Waals surface area contributed by atoms with Crippen LogP contribution in [0.2, 0.25) is 0 Å². The summed E-state index contributed by atoms with van der Waals surface area (Å²) in [5, 5.41) is 23.1. The highest BCUT2D eigenvalue weighted by Gasteiger charge is 2.38. The Kier molecular flexibility index (Phi) is 46.4. The molecule has 8 amide bonds. The summed E-state index contributed by atoms with van der Waals surface area (Å²) >= 11 is 0. The van der Waals surface area contributed by atoms with Crippen LogP contribution in [0.3, 0.4) is 0 Å². The Morgan fingerprint density at radius 1 is 0.716 bits per heavy atom. The van der Waals surface area contributed by atoms with Crippen LogP contribution >= 0.6 is 0 Å². The number of benzene rings is 2. The van der Waals surface area contributed by atoms with E-state index in [4.69, 9.17) is 19.9 Å². The number of carbonyl (C=O) groups excluding carboxylic acids is 8. The normalized spacial score (nSPS) is 11.9. The quantitative estimate of drug-likeness (QED) is 0.0275. The Hall–Kier alpha value is -6.82. The van der Waals surface area contributed by atoms with Gasteiger partial charge in [0.15, 0.2) is 0 Å². The highest BCUT2D eigenvalue weighted by atomic mass is 19.1. The van der Waals surface area contributed by atoms with Crippen LogP contribution in [0.25, 0.3) is 11.1 Å². The van der Waals surface area contributed by atoms with E-state index in [9.17, 15) is 47.9 Å². The number of nitrogens with one attached hydrogen (secondary N) is 5. The molecule has 8 N–H and O–H groups in total. The molecule has 88 heavy (non-hydrogen) atoms. The number of halogens is 2. The van der Waals surface area contributed by atoms with Crippen molar-refractivity contribution in [2.24, 2.45) is 17.1 Å². The lowest BCUT2D eigenvalue weighted by atomic mass is 9.82. The number of nitrogens with zero attached hydrogens (tertiary/aromatic N) is 3. The molecule has 21 nitrogen and oxygen atoms in total. The zero-order chi connectivity index (χ0) is 67.2. The van der Waals surface area contributed by atoms with Crippen LogP contribution < -0.4 is 32.3 Å². The zero-order valence-corrected chi connectivity index (χ0v) is 55.5. The molecule has 0 fully saturated rings. The summed E-state index contributed by atoms with van der Waals surface area (Å²) in [6.07, 6.45) is 4.74. The van der Waals surface area contributed by atoms with Gasteiger partial charge in [-0.2, -0.15) is 0 Å². The first-order valence-electron chi connectivity index (χ1n) is 31.3. The van der Waals surface area contributed by atoms with Gasteiger partial charge in [0.1, 0.15) is 30.3 Å². The van der Waals surface area contributed by atoms with Gasteiger partial charge in [-0.15, -0.1) is 0 Å². The Labute approximate surface area is 523 Å². The molecule has 0 saturated carbocycles. The van der Waals surface area contributed by atoms with Crippen LogP contribution in [0.1, 0.15) is 166 Å². The van der Waals surface area contributed by atoms with Gasteiger partial charge in [-0.1, -0.05) is 140 Å². The summed E-state index contributed by atoms with van der Waals surface area (Å²) < 4.78 is 48.0. The minimum atomic E-state index is -1.41. The highest BCUT2D eigenvalue weighted by Crippen LogP contribution is 2.41. The first kappa shape index (κ1) is 83.2. The fraction of sp³-hybridized carbons (Fsp3) is 0.631. The van der Waals surface area contributed by atoms with Crippen molar-refractivity contribution in [3.8, 4) is 11.1 Å². The van der Waals surface area contributed by atoms with E-state index in [2.05, 4.69) is 54.3 Å². The third-order valence-electron chi connectivity index (χ3n) is 12.8. The van der Waals surface area contributed by atoms with E-state index in [1.165, 1.54) is 18.4 Å². The van der Waals surface area contributed by atoms with Crippen LogP contribution in [0.4, 0.5) is 8.78 Å². The van der Waals surface area contributed by atoms with E-state index in [1.807, 2.05) is 97.2 Å². The fourth-order valence-electron chi connectivity index (χ4n) is 8.53. The molecule has 0 aliphatic rings. The third-order valence-corrected chi connectivity index (χ3v) is 12.8. The van der Waals surface area contributed by atoms with Crippen molar-refractivity contribution in [2.75, 3.05) is 86.0 Å². The molecule has 3 aromatic rings. The van der Waals surface area contributed by atoms with Crippen molar-refractivity contribution < 1.29 is 66.5 Å². The second kappa shape index (κ2) is 49.1. The zero-order valence-electron chi connectivity index (χ0n) is 55.5. The van der Waals surface area contributed by atoms with Crippen LogP contribution in [-0.4, -0.2) is 165 Å². The van der Waals surface area contributed by atoms with Crippen LogP contribution in [0, 0.1) is 23.0 Å². The summed E-state index contributed by atoms with van der Waals surface area (Å²) in [6, 6.07) is 10.6. The maximum Gasteiger partial charge on any atom is 0.248 e. The number of hydrogen-bond donors (Lipinski definition) is 7. The second-order valence-corrected chi connectivity index (χ2v) is 21.0. The first-order chi connectivity index (χ1) is 42.0. The predicted octanol–water partition coefficient (Wildman–Crippen LogP) is 7.60. The summed E-state index contributed by atoms with van der Waals surface area (Å²) in [7, 11) is 1.35. The molecular weight excluding hydrogens is 1140 g/mol. The number of ether oxygens (including phenoxy) is 3. The van der Waals surface area contributed by atoms with Gasteiger partial charge in [-0.25, -0.2) is 8.78 Å². The van der Waals surface area contributed by atoms with Crippen LogP contribution in [0.5, 0.6) is 0 Å². The number of amides is 8. The molecule has 3 rings (SSSR count). The van der Waals surface area contributed by atoms with Crippen LogP contribution in [-0.2, 0) is 59.1 Å². The fourth-order valence-corrected chi connectivity index (χ4v) is 8.53. The van der Waals surface area contributed by atoms with Gasteiger partial charge in [0.2, 0.25) is 47.3 Å². The molecule has 1 aromatic heterocycles. The number of nitrogens with two attached hydrogens (primary N) is 1. The molecule has 4 atom stereocenters. The summed E-state index contributed by atoms with van der Waals surface area (Å²) in [5.74, 6) is -6.02. The second-order valence-electron chi connectivity index (χ2n) is 21.0. The number of primary amides is 1. The molecular formula is C65H109F2N9O12. The SMILES string of the molecule is CC.CC.CC.CCC.CCCN(CC(=O)NCC(=O)NC(CCN(C(=O)CO)C(c1cc(-c2cc(F)ccc2F)cn1Cc1ccccc1)C(C)(C)C)C(=O)NC)C(=O)[C@H](CC(N)=O)NC(=O)CCOCCOCCOCCNC(=O)CCC(C)CC. The molecule has 500 valence electrons. The lowest BCUT2D eigenvalue weighted by Crippen LogP contribution is -2.54. The summed E-state index contributed by atoms with van der Waals surface area (Å²) in [5.41, 5.74) is 6.38. The van der Waals surface area contributed by atoms with Gasteiger partial charge in [0, 0.05) is 69.1 Å². The van der Waals surface area contributed by atoms with E-state index >= 15 is 4.39 Å². The minimum absolute atomic E-state index is 0.00406. The largest absolute Gasteiger partial charge is 0.387 e. The average Bonchev–Trinajstić information content (AvgIpc) is 3.42. The van der Waals surface area contributed by atoms with E-state index in [-0.39, 0.29) is 63.8 Å². The van der Waals surface area contributed by atoms with Crippen molar-refractivity contribution in [1.82, 2.24) is 41.0 Å². The molecule has 0 aliphatic carbocycles. The van der Waals surface area contributed by atoms with Crippen molar-refractivity contribution >= 4 is 47.3 Å². The topological polar surface area (TPSA) is 282 Å². The van der Waals surface area contributed by atoms with E-state index in [0.717, 1.165) is 41.5 Å². The highest BCUT2D eigenvalue weighted by molar-refractivity contribution is 5.95. The maximum atomic E-state index is 15.2. The third kappa shape index (κ3) is 34.1. The molecule has 23 heteroatoms. The lowest BCUT2D eigenvalue weighted by molar-refractivity contribution is -0.141. The smallest absolute Gasteiger partial charge is 0.248 e. The van der Waals surface area contributed by atoms with Crippen molar-refractivity contribution in [3.63, 3.8) is 0 Å². The molecule has 0 radical (unpaired) electrons. The molecule has 0 bridgehead atoms. The van der Waals surface area contributed by atoms with Gasteiger partial charge in [-0.3, -0.25) is 38.4 Å². The monoisotopic (exact) mass is 1250 g/mol. The van der Waals surface area contributed by atoms with Crippen molar-refractivity contribution in [3.05, 3.63) is 83.7 Å². The van der Waals surface area contributed by atoms with Gasteiger partial charge >= 0.3 is 0 Å². The number of hydrogen-bond acceptors (Lipinski definition) is 12. The van der Waals surface area contributed by atoms with Gasteiger partial charge in [-0.05, 0) is 60.4 Å². The van der Waals surface area contributed by atoms with Gasteiger partial charge < -0.3 is 66.0 Å². The predicted molar refractivity (Wildman–Crippen MR) is 341 cm³/mol. The lowest BCUT2D eigenvalue weighted by Gasteiger charge is -2.41. The Bertz CT molecular complexity index is 2460. The molecule has 0 aliphatic heterocycles. The van der Waals surface area contributed by atoms with E-state index < -0.39 is 103 Å². The molecule has 2 aromatic carbocycles. The summed E-state index contributed by atoms with van der Waals surface area (Å²) in [4.78, 5) is 107. The molecule has 1 heterocycles. The first-order valence-corrected chi connectivity index (χ1v) is 31.3. The van der Waals surface area contributed by atoms with E-state index in [0.29, 0.717) is 56.4 Å². The molecule has 3 unspecified atom stereocenters. The van der Waals surface area contributed by atoms with Crippen LogP contribution in [0.15, 0.2) is 60.8 Å². The number of aliphatic hydroxyl groups is 1. The summed E-state index contributed by atoms with van der Waals surface area (Å²) in [6.45, 7) is 27.5.